The Hall–Kier alpha value is -3.22. The number of benzene rings is 2. The second-order valence-electron chi connectivity index (χ2n) is 4.69. The van der Waals surface area contributed by atoms with Crippen molar-refractivity contribution in [3.05, 3.63) is 64.5 Å². The van der Waals surface area contributed by atoms with E-state index in [9.17, 15) is 31.1 Å². The maximum Gasteiger partial charge on any atom is 0.418 e. The summed E-state index contributed by atoms with van der Waals surface area (Å²) < 4.78 is 78.6. The van der Waals surface area contributed by atoms with Crippen LogP contribution in [0.2, 0.25) is 0 Å². The highest BCUT2D eigenvalue weighted by Gasteiger charge is 2.34. The largest absolute Gasteiger partial charge is 0.418 e. The first-order valence-corrected chi connectivity index (χ1v) is 6.45. The summed E-state index contributed by atoms with van der Waals surface area (Å²) in [6.07, 6.45) is -4.85. The Morgan fingerprint density at radius 1 is 1.04 bits per heavy atom. The molecule has 0 radical (unpaired) electrons. The van der Waals surface area contributed by atoms with Gasteiger partial charge in [-0.05, 0) is 18.2 Å². The number of carbonyl (C=O) groups is 1. The lowest BCUT2D eigenvalue weighted by molar-refractivity contribution is -0.137. The van der Waals surface area contributed by atoms with Gasteiger partial charge in [0.1, 0.15) is 23.0 Å². The van der Waals surface area contributed by atoms with Crippen molar-refractivity contribution < 1.29 is 31.1 Å². The van der Waals surface area contributed by atoms with Gasteiger partial charge in [0, 0.05) is 12.1 Å². The number of hydrazine groups is 1. The lowest BCUT2D eigenvalue weighted by Crippen LogP contribution is -2.32. The topological polar surface area (TPSA) is 64.9 Å². The number of hydrogen-bond donors (Lipinski definition) is 2. The van der Waals surface area contributed by atoms with Crippen LogP contribution in [0.4, 0.5) is 32.0 Å². The summed E-state index contributed by atoms with van der Waals surface area (Å²) in [5, 5.41) is 8.65. The highest BCUT2D eigenvalue weighted by Crippen LogP contribution is 2.35. The van der Waals surface area contributed by atoms with Crippen molar-refractivity contribution >= 4 is 11.6 Å². The number of hydrogen-bond acceptors (Lipinski definition) is 3. The van der Waals surface area contributed by atoms with Crippen LogP contribution in [0.3, 0.4) is 0 Å². The van der Waals surface area contributed by atoms with Gasteiger partial charge in [0.15, 0.2) is 0 Å². The fourth-order valence-corrected chi connectivity index (χ4v) is 1.90. The van der Waals surface area contributed by atoms with Crippen molar-refractivity contribution in [3.8, 4) is 6.07 Å². The quantitative estimate of drug-likeness (QED) is 0.648. The van der Waals surface area contributed by atoms with E-state index in [1.807, 2.05) is 5.43 Å². The fraction of sp³-hybridized carbons (Fsp3) is 0.0667. The van der Waals surface area contributed by atoms with Crippen LogP contribution in [0.15, 0.2) is 30.3 Å². The third-order valence-corrected chi connectivity index (χ3v) is 3.00. The van der Waals surface area contributed by atoms with Crippen molar-refractivity contribution in [1.29, 1.82) is 5.26 Å². The number of halogens is 6. The van der Waals surface area contributed by atoms with Crippen molar-refractivity contribution in [3.63, 3.8) is 0 Å². The van der Waals surface area contributed by atoms with Gasteiger partial charge in [-0.25, -0.2) is 13.2 Å². The fourth-order valence-electron chi connectivity index (χ4n) is 1.90. The van der Waals surface area contributed by atoms with Crippen LogP contribution >= 0.6 is 0 Å². The molecule has 0 saturated carbocycles. The highest BCUT2D eigenvalue weighted by molar-refractivity contribution is 5.95. The molecule has 4 nitrogen and oxygen atoms in total. The van der Waals surface area contributed by atoms with Crippen molar-refractivity contribution in [2.75, 3.05) is 5.43 Å². The van der Waals surface area contributed by atoms with Gasteiger partial charge in [0.25, 0.3) is 5.91 Å². The summed E-state index contributed by atoms with van der Waals surface area (Å²) in [4.78, 5) is 11.7. The van der Waals surface area contributed by atoms with Gasteiger partial charge >= 0.3 is 6.18 Å². The molecule has 0 heterocycles. The molecule has 0 aliphatic rings. The van der Waals surface area contributed by atoms with Crippen LogP contribution in [0.1, 0.15) is 21.5 Å². The second-order valence-corrected chi connectivity index (χ2v) is 4.69. The maximum absolute atomic E-state index is 13.5. The molecule has 0 aliphatic heterocycles. The Morgan fingerprint density at radius 2 is 1.64 bits per heavy atom. The number of nitrogens with zero attached hydrogens (tertiary/aromatic N) is 1. The lowest BCUT2D eigenvalue weighted by atomic mass is 10.1. The van der Waals surface area contributed by atoms with Gasteiger partial charge in [0.05, 0.1) is 22.9 Å². The molecular formula is C15H7F6N3O. The van der Waals surface area contributed by atoms with Crippen LogP contribution in [0.5, 0.6) is 0 Å². The van der Waals surface area contributed by atoms with Gasteiger partial charge in [0.2, 0.25) is 0 Å². The van der Waals surface area contributed by atoms with Crippen LogP contribution < -0.4 is 10.9 Å². The predicted molar refractivity (Wildman–Crippen MR) is 73.6 cm³/mol. The Kier molecular flexibility index (Phi) is 4.87. The maximum atomic E-state index is 13.5. The average molecular weight is 359 g/mol. The summed E-state index contributed by atoms with van der Waals surface area (Å²) in [5.74, 6) is -5.75. The number of carbonyl (C=O) groups excluding carboxylic acids is 1. The third-order valence-electron chi connectivity index (χ3n) is 3.00. The molecule has 0 fully saturated rings. The molecule has 25 heavy (non-hydrogen) atoms. The number of anilines is 1. The minimum Gasteiger partial charge on any atom is -0.298 e. The smallest absolute Gasteiger partial charge is 0.298 e. The summed E-state index contributed by atoms with van der Waals surface area (Å²) in [5.41, 5.74) is 0.205. The molecule has 2 rings (SSSR count). The first-order chi connectivity index (χ1) is 11.6. The average Bonchev–Trinajstić information content (AvgIpc) is 2.50. The molecule has 0 spiro atoms. The molecule has 0 unspecified atom stereocenters. The van der Waals surface area contributed by atoms with Gasteiger partial charge in [-0.15, -0.1) is 0 Å². The summed E-state index contributed by atoms with van der Waals surface area (Å²) in [7, 11) is 0. The zero-order valence-electron chi connectivity index (χ0n) is 12.0. The number of nitrogens with one attached hydrogen (secondary N) is 2. The number of alkyl halides is 3. The Balaban J connectivity index is 2.28. The van der Waals surface area contributed by atoms with E-state index >= 15 is 0 Å². The van der Waals surface area contributed by atoms with Gasteiger partial charge in [-0.1, -0.05) is 0 Å². The van der Waals surface area contributed by atoms with Gasteiger partial charge in [-0.2, -0.15) is 18.4 Å². The predicted octanol–water partition coefficient (Wildman–Crippen LogP) is 3.75. The molecule has 130 valence electrons. The van der Waals surface area contributed by atoms with Gasteiger partial charge < -0.3 is 0 Å². The first kappa shape index (κ1) is 18.1. The Morgan fingerprint density at radius 3 is 2.16 bits per heavy atom. The molecule has 0 bridgehead atoms. The van der Waals surface area contributed by atoms with E-state index in [0.29, 0.717) is 6.07 Å². The molecular weight excluding hydrogens is 352 g/mol. The minimum absolute atomic E-state index is 0.251. The van der Waals surface area contributed by atoms with Crippen LogP contribution in [0, 0.1) is 28.8 Å². The van der Waals surface area contributed by atoms with E-state index in [-0.39, 0.29) is 17.7 Å². The van der Waals surface area contributed by atoms with Crippen molar-refractivity contribution in [2.24, 2.45) is 0 Å². The molecule has 0 saturated heterocycles. The zero-order chi connectivity index (χ0) is 18.8. The Bertz CT molecular complexity index is 850. The highest BCUT2D eigenvalue weighted by atomic mass is 19.4. The molecule has 1 amide bonds. The van der Waals surface area contributed by atoms with E-state index < -0.39 is 46.3 Å². The number of rotatable bonds is 3. The van der Waals surface area contributed by atoms with E-state index in [1.165, 1.54) is 6.07 Å². The normalized spacial score (nSPS) is 10.9. The zero-order valence-corrected chi connectivity index (χ0v) is 12.0. The molecule has 2 aromatic carbocycles. The van der Waals surface area contributed by atoms with Crippen LogP contribution in [-0.4, -0.2) is 5.91 Å². The molecule has 10 heteroatoms. The standard InChI is InChI=1S/C15H7F6N3O/c16-8-4-10(17)13(11(18)5-8)14(25)24-23-12-2-1-7(6-22)3-9(12)15(19,20)21/h1-5,23H,(H,24,25). The molecule has 0 aromatic heterocycles. The third kappa shape index (κ3) is 4.00. The summed E-state index contributed by atoms with van der Waals surface area (Å²) in [6.45, 7) is 0. The minimum atomic E-state index is -4.85. The summed E-state index contributed by atoms with van der Waals surface area (Å²) in [6, 6.07) is 4.47. The second kappa shape index (κ2) is 6.72. The van der Waals surface area contributed by atoms with E-state index in [2.05, 4.69) is 0 Å². The monoisotopic (exact) mass is 359 g/mol. The van der Waals surface area contributed by atoms with Gasteiger partial charge in [-0.3, -0.25) is 15.6 Å². The number of nitriles is 1. The van der Waals surface area contributed by atoms with Crippen molar-refractivity contribution in [1.82, 2.24) is 5.43 Å². The van der Waals surface area contributed by atoms with Crippen LogP contribution in [0.25, 0.3) is 0 Å². The number of amides is 1. The van der Waals surface area contributed by atoms with Crippen molar-refractivity contribution in [2.45, 2.75) is 6.18 Å². The molecule has 0 aliphatic carbocycles. The summed E-state index contributed by atoms with van der Waals surface area (Å²) >= 11 is 0. The van der Waals surface area contributed by atoms with Crippen LogP contribution in [-0.2, 0) is 6.18 Å². The van der Waals surface area contributed by atoms with E-state index in [1.54, 1.807) is 5.43 Å². The Labute approximate surface area is 136 Å². The first-order valence-electron chi connectivity index (χ1n) is 6.45. The molecule has 0 atom stereocenters. The lowest BCUT2D eigenvalue weighted by Gasteiger charge is -2.15. The van der Waals surface area contributed by atoms with E-state index in [4.69, 9.17) is 5.26 Å². The molecule has 2 aromatic rings. The SMILES string of the molecule is N#Cc1ccc(NNC(=O)c2c(F)cc(F)cc2F)c(C(F)(F)F)c1. The molecule has 2 N–H and O–H groups in total. The van der Waals surface area contributed by atoms with E-state index in [0.717, 1.165) is 12.1 Å².